The van der Waals surface area contributed by atoms with Gasteiger partial charge in [0.1, 0.15) is 5.00 Å². The highest BCUT2D eigenvalue weighted by Crippen LogP contribution is 2.41. The van der Waals surface area contributed by atoms with Gasteiger partial charge in [-0.25, -0.2) is 4.79 Å². The van der Waals surface area contributed by atoms with Crippen LogP contribution in [0.2, 0.25) is 0 Å². The van der Waals surface area contributed by atoms with Crippen molar-refractivity contribution in [3.05, 3.63) is 76.4 Å². The minimum Gasteiger partial charge on any atom is -0.449 e. The van der Waals surface area contributed by atoms with Crippen molar-refractivity contribution >= 4 is 34.0 Å². The highest BCUT2D eigenvalue weighted by atomic mass is 32.1. The highest BCUT2D eigenvalue weighted by molar-refractivity contribution is 7.17. The number of rotatable bonds is 8. The lowest BCUT2D eigenvalue weighted by molar-refractivity contribution is -0.116. The molecule has 0 bridgehead atoms. The Labute approximate surface area is 203 Å². The normalized spacial score (nSPS) is 15.7. The van der Waals surface area contributed by atoms with Crippen molar-refractivity contribution < 1.29 is 14.3 Å². The lowest BCUT2D eigenvalue weighted by atomic mass is 9.89. The van der Waals surface area contributed by atoms with E-state index in [1.54, 1.807) is 12.4 Å². The van der Waals surface area contributed by atoms with E-state index in [0.717, 1.165) is 41.0 Å². The first kappa shape index (κ1) is 23.8. The summed E-state index contributed by atoms with van der Waals surface area (Å²) >= 11 is 1.54. The zero-order valence-electron chi connectivity index (χ0n) is 19.3. The fourth-order valence-corrected chi connectivity index (χ4v) is 5.49. The highest BCUT2D eigenvalue weighted by Gasteiger charge is 2.26. The number of nitrogens with zero attached hydrogens (tertiary/aromatic N) is 1. The van der Waals surface area contributed by atoms with Gasteiger partial charge in [0.2, 0.25) is 5.91 Å². The van der Waals surface area contributed by atoms with Crippen LogP contribution in [0.1, 0.15) is 47.3 Å². The lowest BCUT2D eigenvalue weighted by Gasteiger charge is -2.22. The number of carbonyl (C=O) groups excluding carboxylic acids is 2. The van der Waals surface area contributed by atoms with Crippen LogP contribution in [0.5, 0.6) is 0 Å². The number of fused-ring (bicyclic) bond motifs is 1. The Kier molecular flexibility index (Phi) is 7.80. The summed E-state index contributed by atoms with van der Waals surface area (Å²) in [7, 11) is 0. The lowest BCUT2D eigenvalue weighted by Crippen LogP contribution is -2.27. The van der Waals surface area contributed by atoms with Crippen LogP contribution < -0.4 is 16.4 Å². The van der Waals surface area contributed by atoms with Gasteiger partial charge in [-0.1, -0.05) is 43.3 Å². The van der Waals surface area contributed by atoms with Crippen molar-refractivity contribution in [2.75, 3.05) is 17.7 Å². The monoisotopic (exact) mass is 478 g/mol. The van der Waals surface area contributed by atoms with E-state index >= 15 is 0 Å². The van der Waals surface area contributed by atoms with E-state index in [-0.39, 0.29) is 17.7 Å². The molecule has 1 aromatic carbocycles. The van der Waals surface area contributed by atoms with Crippen molar-refractivity contribution in [1.82, 2.24) is 10.3 Å². The Morgan fingerprint density at radius 2 is 2.06 bits per heavy atom. The summed E-state index contributed by atoms with van der Waals surface area (Å²) in [5.41, 5.74) is 10.2. The van der Waals surface area contributed by atoms with Gasteiger partial charge in [0.15, 0.2) is 0 Å². The molecule has 34 heavy (non-hydrogen) atoms. The van der Waals surface area contributed by atoms with Gasteiger partial charge in [0.05, 0.1) is 12.3 Å². The van der Waals surface area contributed by atoms with Gasteiger partial charge in [-0.15, -0.1) is 11.3 Å². The standard InChI is InChI=1S/C26H30N4O3S/c1-17(20-7-3-2-4-8-20)12-23(31)30-25-24(27)21-10-9-18(13-22(21)34-25)16-33-26(32)29-15-19-6-5-11-28-14-19/h2-8,11,14,17-18H,9-10,12-13,15-16,27H2,1H3,(H,29,32)(H,30,31). The summed E-state index contributed by atoms with van der Waals surface area (Å²) in [5.74, 6) is 0.325. The minimum atomic E-state index is -0.430. The van der Waals surface area contributed by atoms with Crippen LogP contribution in [0.4, 0.5) is 15.5 Å². The number of nitrogen functional groups attached to an aromatic ring is 1. The minimum absolute atomic E-state index is 0.0354. The zero-order valence-corrected chi connectivity index (χ0v) is 20.1. The average Bonchev–Trinajstić information content (AvgIpc) is 3.16. The first-order valence-corrected chi connectivity index (χ1v) is 12.4. The summed E-state index contributed by atoms with van der Waals surface area (Å²) in [5, 5.41) is 6.50. The number of carbonyl (C=O) groups is 2. The van der Waals surface area contributed by atoms with E-state index in [1.807, 2.05) is 42.5 Å². The van der Waals surface area contributed by atoms with Crippen molar-refractivity contribution in [3.8, 4) is 0 Å². The molecule has 2 amide bonds. The fourth-order valence-electron chi connectivity index (χ4n) is 4.19. The molecule has 0 saturated carbocycles. The van der Waals surface area contributed by atoms with Crippen molar-refractivity contribution in [2.45, 2.75) is 45.1 Å². The van der Waals surface area contributed by atoms with E-state index in [0.29, 0.717) is 25.3 Å². The molecule has 2 unspecified atom stereocenters. The van der Waals surface area contributed by atoms with Crippen LogP contribution in [0.3, 0.4) is 0 Å². The number of nitrogens with one attached hydrogen (secondary N) is 2. The molecule has 2 atom stereocenters. The number of hydrogen-bond acceptors (Lipinski definition) is 6. The number of hydrogen-bond donors (Lipinski definition) is 3. The van der Waals surface area contributed by atoms with Crippen LogP contribution >= 0.6 is 11.3 Å². The first-order valence-electron chi connectivity index (χ1n) is 11.5. The largest absolute Gasteiger partial charge is 0.449 e. The summed E-state index contributed by atoms with van der Waals surface area (Å²) < 4.78 is 5.44. The predicted molar refractivity (Wildman–Crippen MR) is 135 cm³/mol. The van der Waals surface area contributed by atoms with Crippen LogP contribution in [0.15, 0.2) is 54.9 Å². The van der Waals surface area contributed by atoms with E-state index in [9.17, 15) is 9.59 Å². The Hall–Kier alpha value is -3.39. The number of pyridine rings is 1. The van der Waals surface area contributed by atoms with Crippen LogP contribution in [0.25, 0.3) is 0 Å². The number of benzene rings is 1. The second-order valence-electron chi connectivity index (χ2n) is 8.73. The predicted octanol–water partition coefficient (Wildman–Crippen LogP) is 4.89. The second kappa shape index (κ2) is 11.2. The average molecular weight is 479 g/mol. The molecular formula is C26H30N4O3S. The third-order valence-corrected chi connectivity index (χ3v) is 7.32. The van der Waals surface area contributed by atoms with Crippen molar-refractivity contribution in [2.24, 2.45) is 5.92 Å². The fraction of sp³-hybridized carbons (Fsp3) is 0.346. The molecule has 0 fully saturated rings. The topological polar surface area (TPSA) is 106 Å². The number of anilines is 2. The maximum Gasteiger partial charge on any atom is 0.407 e. The number of alkyl carbamates (subject to hydrolysis) is 1. The Bertz CT molecular complexity index is 1120. The third kappa shape index (κ3) is 6.14. The van der Waals surface area contributed by atoms with E-state index in [1.165, 1.54) is 16.2 Å². The maximum absolute atomic E-state index is 12.6. The molecule has 4 rings (SSSR count). The van der Waals surface area contributed by atoms with Gasteiger partial charge in [0.25, 0.3) is 0 Å². The first-order chi connectivity index (χ1) is 16.5. The number of aromatic nitrogens is 1. The molecule has 0 radical (unpaired) electrons. The van der Waals surface area contributed by atoms with E-state index in [2.05, 4.69) is 22.5 Å². The molecule has 4 N–H and O–H groups in total. The number of ether oxygens (including phenoxy) is 1. The van der Waals surface area contributed by atoms with Gasteiger partial charge < -0.3 is 21.1 Å². The molecule has 0 saturated heterocycles. The maximum atomic E-state index is 12.6. The summed E-state index contributed by atoms with van der Waals surface area (Å²) in [4.78, 5) is 29.9. The molecule has 7 nitrogen and oxygen atoms in total. The van der Waals surface area contributed by atoms with E-state index in [4.69, 9.17) is 10.5 Å². The van der Waals surface area contributed by atoms with Crippen molar-refractivity contribution in [1.29, 1.82) is 0 Å². The van der Waals surface area contributed by atoms with Gasteiger partial charge in [-0.3, -0.25) is 9.78 Å². The van der Waals surface area contributed by atoms with Crippen molar-refractivity contribution in [3.63, 3.8) is 0 Å². The molecule has 0 aliphatic heterocycles. The third-order valence-electron chi connectivity index (χ3n) is 6.13. The molecule has 3 aromatic rings. The quantitative estimate of drug-likeness (QED) is 0.427. The summed E-state index contributed by atoms with van der Waals surface area (Å²) in [6, 6.07) is 13.7. The molecule has 178 valence electrons. The van der Waals surface area contributed by atoms with Crippen LogP contribution in [-0.4, -0.2) is 23.6 Å². The van der Waals surface area contributed by atoms with Gasteiger partial charge in [-0.2, -0.15) is 0 Å². The Morgan fingerprint density at radius 3 is 2.82 bits per heavy atom. The molecule has 0 spiro atoms. The number of thiophene rings is 1. The second-order valence-corrected chi connectivity index (χ2v) is 9.84. The molecular weight excluding hydrogens is 448 g/mol. The molecule has 1 aliphatic carbocycles. The van der Waals surface area contributed by atoms with Gasteiger partial charge >= 0.3 is 6.09 Å². The molecule has 1 aliphatic rings. The number of amides is 2. The van der Waals surface area contributed by atoms with Gasteiger partial charge in [0, 0.05) is 30.2 Å². The molecule has 2 heterocycles. The molecule has 2 aromatic heterocycles. The summed E-state index contributed by atoms with van der Waals surface area (Å²) in [6.07, 6.45) is 5.87. The van der Waals surface area contributed by atoms with E-state index < -0.39 is 6.09 Å². The number of nitrogens with two attached hydrogens (primary N) is 1. The van der Waals surface area contributed by atoms with Crippen LogP contribution in [0, 0.1) is 5.92 Å². The molecule has 8 heteroatoms. The SMILES string of the molecule is CC(CC(=O)Nc1sc2c(c1N)CCC(COC(=O)NCc1cccnc1)C2)c1ccccc1. The van der Waals surface area contributed by atoms with Gasteiger partial charge in [-0.05, 0) is 53.9 Å². The van der Waals surface area contributed by atoms with Crippen LogP contribution in [-0.2, 0) is 28.9 Å². The summed E-state index contributed by atoms with van der Waals surface area (Å²) in [6.45, 7) is 2.79. The Morgan fingerprint density at radius 1 is 1.24 bits per heavy atom. The Balaban J connectivity index is 1.26. The zero-order chi connectivity index (χ0) is 23.9. The smallest absolute Gasteiger partial charge is 0.407 e.